The molecule has 1 aromatic carbocycles. The van der Waals surface area contributed by atoms with Crippen LogP contribution in [0.3, 0.4) is 0 Å². The molecule has 0 aliphatic carbocycles. The number of nitrogens with zero attached hydrogens (tertiary/aromatic N) is 2. The van der Waals surface area contributed by atoms with Crippen LogP contribution in [0.5, 0.6) is 0 Å². The Morgan fingerprint density at radius 2 is 1.97 bits per heavy atom. The van der Waals surface area contributed by atoms with Crippen LogP contribution in [0.2, 0.25) is 0 Å². The number of carbonyl (C=O) groups is 2. The number of carboxylic acid groups (broad SMARTS) is 1. The SMILES string of the molecule is Cc1cc(C(=O)N2C[C@H]3COCC[C@@]3(C(=O)O)C2)c(C)n1C(C)c1ccccc1. The predicted molar refractivity (Wildman–Crippen MR) is 109 cm³/mol. The number of carbonyl (C=O) groups excluding carboxylic acids is 1. The van der Waals surface area contributed by atoms with Crippen LogP contribution in [0.4, 0.5) is 0 Å². The fourth-order valence-electron chi connectivity index (χ4n) is 5.09. The molecule has 6 heteroatoms. The van der Waals surface area contributed by atoms with Crippen LogP contribution < -0.4 is 0 Å². The molecular weight excluding hydrogens is 368 g/mol. The van der Waals surface area contributed by atoms with Crippen LogP contribution in [-0.4, -0.2) is 52.8 Å². The van der Waals surface area contributed by atoms with E-state index in [9.17, 15) is 14.7 Å². The summed E-state index contributed by atoms with van der Waals surface area (Å²) in [5.74, 6) is -1.05. The van der Waals surface area contributed by atoms with Crippen molar-refractivity contribution >= 4 is 11.9 Å². The van der Waals surface area contributed by atoms with E-state index >= 15 is 0 Å². The number of rotatable bonds is 4. The summed E-state index contributed by atoms with van der Waals surface area (Å²) in [7, 11) is 0. The second kappa shape index (κ2) is 7.34. The molecule has 0 spiro atoms. The van der Waals surface area contributed by atoms with Crippen LogP contribution in [-0.2, 0) is 9.53 Å². The molecule has 0 radical (unpaired) electrons. The van der Waals surface area contributed by atoms with Crippen LogP contribution in [0, 0.1) is 25.2 Å². The van der Waals surface area contributed by atoms with Crippen molar-refractivity contribution in [3.8, 4) is 0 Å². The Kier molecular flexibility index (Phi) is 4.99. The van der Waals surface area contributed by atoms with Gasteiger partial charge in [0.1, 0.15) is 0 Å². The molecule has 3 heterocycles. The molecule has 2 aliphatic rings. The van der Waals surface area contributed by atoms with Gasteiger partial charge in [-0.25, -0.2) is 0 Å². The van der Waals surface area contributed by atoms with Crippen molar-refractivity contribution in [3.05, 3.63) is 58.9 Å². The van der Waals surface area contributed by atoms with E-state index in [-0.39, 0.29) is 24.4 Å². The zero-order valence-electron chi connectivity index (χ0n) is 17.2. The molecule has 4 rings (SSSR count). The van der Waals surface area contributed by atoms with Gasteiger partial charge in [-0.3, -0.25) is 9.59 Å². The van der Waals surface area contributed by atoms with Gasteiger partial charge in [-0.1, -0.05) is 30.3 Å². The van der Waals surface area contributed by atoms with E-state index in [1.165, 1.54) is 5.56 Å². The zero-order valence-corrected chi connectivity index (χ0v) is 17.2. The lowest BCUT2D eigenvalue weighted by Gasteiger charge is -2.33. The first kappa shape index (κ1) is 19.7. The Hall–Kier alpha value is -2.60. The van der Waals surface area contributed by atoms with Crippen molar-refractivity contribution in [2.45, 2.75) is 33.2 Å². The van der Waals surface area contributed by atoms with E-state index in [1.807, 2.05) is 38.1 Å². The number of aliphatic carboxylic acids is 1. The van der Waals surface area contributed by atoms with Gasteiger partial charge in [0.2, 0.25) is 0 Å². The summed E-state index contributed by atoms with van der Waals surface area (Å²) in [4.78, 5) is 27.1. The molecule has 1 unspecified atom stereocenters. The molecule has 6 nitrogen and oxygen atoms in total. The summed E-state index contributed by atoms with van der Waals surface area (Å²) in [6, 6.07) is 12.3. The largest absolute Gasteiger partial charge is 0.481 e. The van der Waals surface area contributed by atoms with Crippen molar-refractivity contribution in [1.82, 2.24) is 9.47 Å². The molecule has 29 heavy (non-hydrogen) atoms. The van der Waals surface area contributed by atoms with Crippen molar-refractivity contribution in [1.29, 1.82) is 0 Å². The molecule has 1 aromatic heterocycles. The van der Waals surface area contributed by atoms with Gasteiger partial charge < -0.3 is 19.3 Å². The quantitative estimate of drug-likeness (QED) is 0.861. The van der Waals surface area contributed by atoms with Crippen molar-refractivity contribution in [3.63, 3.8) is 0 Å². The van der Waals surface area contributed by atoms with Crippen molar-refractivity contribution < 1.29 is 19.4 Å². The molecule has 1 amide bonds. The predicted octanol–water partition coefficient (Wildman–Crippen LogP) is 3.28. The average Bonchev–Trinajstić information content (AvgIpc) is 3.26. The summed E-state index contributed by atoms with van der Waals surface area (Å²) in [5, 5.41) is 9.87. The Morgan fingerprint density at radius 1 is 1.24 bits per heavy atom. The van der Waals surface area contributed by atoms with Crippen molar-refractivity contribution in [2.75, 3.05) is 26.3 Å². The molecule has 2 aliphatic heterocycles. The Bertz CT molecular complexity index is 936. The van der Waals surface area contributed by atoms with Crippen LogP contribution in [0.1, 0.15) is 46.7 Å². The first-order chi connectivity index (χ1) is 13.8. The molecule has 2 saturated heterocycles. The maximum Gasteiger partial charge on any atom is 0.311 e. The summed E-state index contributed by atoms with van der Waals surface area (Å²) in [6.07, 6.45) is 0.459. The summed E-state index contributed by atoms with van der Waals surface area (Å²) < 4.78 is 7.70. The van der Waals surface area contributed by atoms with E-state index in [4.69, 9.17) is 4.74 Å². The minimum Gasteiger partial charge on any atom is -0.481 e. The van der Waals surface area contributed by atoms with Crippen molar-refractivity contribution in [2.24, 2.45) is 11.3 Å². The Balaban J connectivity index is 1.63. The van der Waals surface area contributed by atoms with Crippen LogP contribution >= 0.6 is 0 Å². The molecular formula is C23H28N2O4. The third-order valence-corrected chi connectivity index (χ3v) is 6.80. The number of ether oxygens (including phenoxy) is 1. The van der Waals surface area contributed by atoms with E-state index in [2.05, 4.69) is 23.6 Å². The summed E-state index contributed by atoms with van der Waals surface area (Å²) >= 11 is 0. The topological polar surface area (TPSA) is 71.8 Å². The van der Waals surface area contributed by atoms with E-state index in [1.54, 1.807) is 4.90 Å². The number of aryl methyl sites for hydroxylation is 1. The number of hydrogen-bond donors (Lipinski definition) is 1. The lowest BCUT2D eigenvalue weighted by molar-refractivity contribution is -0.157. The molecule has 0 saturated carbocycles. The average molecular weight is 396 g/mol. The molecule has 1 N–H and O–H groups in total. The highest BCUT2D eigenvalue weighted by molar-refractivity contribution is 5.96. The number of benzene rings is 1. The van der Waals surface area contributed by atoms with E-state index in [0.717, 1.165) is 11.4 Å². The van der Waals surface area contributed by atoms with Gasteiger partial charge >= 0.3 is 5.97 Å². The maximum absolute atomic E-state index is 13.4. The molecule has 0 bridgehead atoms. The molecule has 2 aromatic rings. The lowest BCUT2D eigenvalue weighted by Crippen LogP contribution is -2.45. The third-order valence-electron chi connectivity index (χ3n) is 6.80. The first-order valence-electron chi connectivity index (χ1n) is 10.2. The fourth-order valence-corrected chi connectivity index (χ4v) is 5.09. The molecule has 3 atom stereocenters. The Morgan fingerprint density at radius 3 is 2.62 bits per heavy atom. The van der Waals surface area contributed by atoms with Crippen LogP contribution in [0.15, 0.2) is 36.4 Å². The first-order valence-corrected chi connectivity index (χ1v) is 10.2. The monoisotopic (exact) mass is 396 g/mol. The fraction of sp³-hybridized carbons (Fsp3) is 0.478. The highest BCUT2D eigenvalue weighted by Crippen LogP contribution is 2.43. The molecule has 2 fully saturated rings. The van der Waals surface area contributed by atoms with E-state index in [0.29, 0.717) is 31.7 Å². The Labute approximate surface area is 171 Å². The highest BCUT2D eigenvalue weighted by Gasteiger charge is 2.55. The zero-order chi connectivity index (χ0) is 20.8. The molecule has 154 valence electrons. The van der Waals surface area contributed by atoms with Crippen LogP contribution in [0.25, 0.3) is 0 Å². The van der Waals surface area contributed by atoms with Gasteiger partial charge in [0.05, 0.1) is 23.6 Å². The lowest BCUT2D eigenvalue weighted by atomic mass is 9.74. The van der Waals surface area contributed by atoms with E-state index < -0.39 is 11.4 Å². The van der Waals surface area contributed by atoms with Gasteiger partial charge in [0.25, 0.3) is 5.91 Å². The number of likely N-dealkylation sites (tertiary alicyclic amines) is 1. The van der Waals surface area contributed by atoms with Gasteiger partial charge in [0, 0.05) is 37.0 Å². The number of hydrogen-bond acceptors (Lipinski definition) is 3. The smallest absolute Gasteiger partial charge is 0.311 e. The van der Waals surface area contributed by atoms with Gasteiger partial charge in [0.15, 0.2) is 0 Å². The summed E-state index contributed by atoms with van der Waals surface area (Å²) in [6.45, 7) is 7.65. The second-order valence-corrected chi connectivity index (χ2v) is 8.41. The minimum atomic E-state index is -0.878. The summed E-state index contributed by atoms with van der Waals surface area (Å²) in [5.41, 5.74) is 2.90. The number of aromatic nitrogens is 1. The number of amides is 1. The standard InChI is InChI=1S/C23H28N2O4/c1-15-11-20(17(3)25(15)16(2)18-7-5-4-6-8-18)21(26)24-12-19-13-29-10-9-23(19,14-24)22(27)28/h4-8,11,16,19H,9-10,12-14H2,1-3H3,(H,27,28)/t16?,19-,23+/m0/s1. The highest BCUT2D eigenvalue weighted by atomic mass is 16.5. The van der Waals surface area contributed by atoms with Gasteiger partial charge in [-0.15, -0.1) is 0 Å². The maximum atomic E-state index is 13.4. The minimum absolute atomic E-state index is 0.0837. The van der Waals surface area contributed by atoms with Gasteiger partial charge in [-0.2, -0.15) is 0 Å². The van der Waals surface area contributed by atoms with Gasteiger partial charge in [-0.05, 0) is 38.8 Å². The number of fused-ring (bicyclic) bond motifs is 1. The second-order valence-electron chi connectivity index (χ2n) is 8.41. The normalized spacial score (nSPS) is 24.9. The third kappa shape index (κ3) is 3.15. The number of carboxylic acids is 1.